The first-order valence-corrected chi connectivity index (χ1v) is 7.96. The zero-order valence-corrected chi connectivity index (χ0v) is 11.7. The van der Waals surface area contributed by atoms with E-state index in [-0.39, 0.29) is 6.42 Å². The minimum Gasteiger partial charge on any atom is -0.481 e. The molecule has 0 atom stereocenters. The predicted octanol–water partition coefficient (Wildman–Crippen LogP) is 1.15. The van der Waals surface area contributed by atoms with Crippen LogP contribution in [0.4, 0.5) is 0 Å². The molecular formula is C10H23NO4Si. The number of hydrogen-bond donors (Lipinski definition) is 1. The van der Waals surface area contributed by atoms with Crippen molar-refractivity contribution in [3.05, 3.63) is 0 Å². The van der Waals surface area contributed by atoms with Gasteiger partial charge in [0.25, 0.3) is 0 Å². The minimum atomic E-state index is -1.95. The van der Waals surface area contributed by atoms with Crippen LogP contribution >= 0.6 is 0 Å². The molecule has 0 aromatic rings. The van der Waals surface area contributed by atoms with E-state index >= 15 is 0 Å². The summed E-state index contributed by atoms with van der Waals surface area (Å²) in [4.78, 5) is 12.4. The molecule has 0 aromatic heterocycles. The van der Waals surface area contributed by atoms with Gasteiger partial charge in [-0.15, -0.1) is 0 Å². The number of carboxylic acids is 1. The first-order valence-electron chi connectivity index (χ1n) is 5.44. The maximum Gasteiger partial charge on any atom is 0.334 e. The molecule has 0 saturated heterocycles. The maximum atomic E-state index is 10.4. The summed E-state index contributed by atoms with van der Waals surface area (Å²) in [6.07, 6.45) is 1.17. The largest absolute Gasteiger partial charge is 0.481 e. The smallest absolute Gasteiger partial charge is 0.334 e. The van der Waals surface area contributed by atoms with E-state index in [4.69, 9.17) is 14.0 Å². The van der Waals surface area contributed by atoms with Crippen molar-refractivity contribution in [3.8, 4) is 0 Å². The molecule has 0 fully saturated rings. The Morgan fingerprint density at radius 1 is 1.31 bits per heavy atom. The number of carbonyl (C=O) groups is 1. The molecule has 0 spiro atoms. The molecule has 0 heterocycles. The third kappa shape index (κ3) is 6.94. The van der Waals surface area contributed by atoms with E-state index in [1.165, 1.54) is 0 Å². The van der Waals surface area contributed by atoms with Gasteiger partial charge in [-0.05, 0) is 32.6 Å². The van der Waals surface area contributed by atoms with Gasteiger partial charge in [0.2, 0.25) is 0 Å². The van der Waals surface area contributed by atoms with E-state index < -0.39 is 14.5 Å². The summed E-state index contributed by atoms with van der Waals surface area (Å²) in [6, 6.07) is 0.928. The number of aliphatic carboxylic acids is 1. The van der Waals surface area contributed by atoms with E-state index in [0.29, 0.717) is 6.54 Å². The molecule has 0 amide bonds. The second-order valence-corrected chi connectivity index (χ2v) is 7.68. The molecule has 0 radical (unpaired) electrons. The average molecular weight is 249 g/mol. The molecule has 0 rings (SSSR count). The van der Waals surface area contributed by atoms with Gasteiger partial charge in [-0.1, -0.05) is 0 Å². The summed E-state index contributed by atoms with van der Waals surface area (Å²) in [7, 11) is 3.35. The summed E-state index contributed by atoms with van der Waals surface area (Å²) >= 11 is 0. The fourth-order valence-electron chi connectivity index (χ4n) is 1.36. The molecule has 0 unspecified atom stereocenters. The molecule has 0 aliphatic carbocycles. The lowest BCUT2D eigenvalue weighted by atomic mass is 10.3. The Morgan fingerprint density at radius 2 is 1.88 bits per heavy atom. The molecule has 0 aromatic carbocycles. The van der Waals surface area contributed by atoms with Crippen LogP contribution in [0.25, 0.3) is 0 Å². The van der Waals surface area contributed by atoms with Crippen LogP contribution < -0.4 is 0 Å². The van der Waals surface area contributed by atoms with Gasteiger partial charge in [-0.25, -0.2) is 0 Å². The van der Waals surface area contributed by atoms with Crippen LogP contribution in [-0.2, 0) is 13.6 Å². The standard InChI is InChI=1S/C10H23NO4Si/c1-11(8-6-10(12)13)7-5-9-16(4,14-2)15-3/h5-9H2,1-4H3,(H,12,13). The van der Waals surface area contributed by atoms with E-state index in [9.17, 15) is 4.79 Å². The monoisotopic (exact) mass is 249 g/mol. The molecule has 6 heteroatoms. The SMILES string of the molecule is CO[Si](C)(CCCN(C)CCC(=O)O)OC. The molecule has 1 N–H and O–H groups in total. The van der Waals surface area contributed by atoms with Crippen molar-refractivity contribution < 1.29 is 18.8 Å². The topological polar surface area (TPSA) is 59.0 Å². The van der Waals surface area contributed by atoms with E-state index in [0.717, 1.165) is 19.0 Å². The normalized spacial score (nSPS) is 12.1. The second-order valence-electron chi connectivity index (χ2n) is 4.09. The molecular weight excluding hydrogens is 226 g/mol. The van der Waals surface area contributed by atoms with Crippen LogP contribution in [0.1, 0.15) is 12.8 Å². The van der Waals surface area contributed by atoms with Crippen molar-refractivity contribution in [2.24, 2.45) is 0 Å². The summed E-state index contributed by atoms with van der Waals surface area (Å²) in [6.45, 7) is 3.50. The van der Waals surface area contributed by atoms with Crippen molar-refractivity contribution >= 4 is 14.5 Å². The Morgan fingerprint density at radius 3 is 2.31 bits per heavy atom. The quantitative estimate of drug-likeness (QED) is 0.621. The highest BCUT2D eigenvalue weighted by Gasteiger charge is 2.27. The van der Waals surface area contributed by atoms with Crippen LogP contribution in [0.2, 0.25) is 12.6 Å². The lowest BCUT2D eigenvalue weighted by Crippen LogP contribution is -2.37. The van der Waals surface area contributed by atoms with Crippen LogP contribution in [0.5, 0.6) is 0 Å². The molecule has 0 aliphatic heterocycles. The van der Waals surface area contributed by atoms with Crippen molar-refractivity contribution in [3.63, 3.8) is 0 Å². The molecule has 0 aliphatic rings. The third-order valence-electron chi connectivity index (χ3n) is 2.74. The first-order chi connectivity index (χ1) is 7.43. The van der Waals surface area contributed by atoms with Gasteiger partial charge >= 0.3 is 14.5 Å². The van der Waals surface area contributed by atoms with Crippen molar-refractivity contribution in [2.75, 3.05) is 34.4 Å². The van der Waals surface area contributed by atoms with Gasteiger partial charge < -0.3 is 18.9 Å². The zero-order chi connectivity index (χ0) is 12.6. The van der Waals surface area contributed by atoms with Crippen LogP contribution in [0.15, 0.2) is 0 Å². The predicted molar refractivity (Wildman–Crippen MR) is 64.8 cm³/mol. The summed E-state index contributed by atoms with van der Waals surface area (Å²) < 4.78 is 10.7. The van der Waals surface area contributed by atoms with Gasteiger partial charge in [0.05, 0.1) is 6.42 Å². The van der Waals surface area contributed by atoms with Crippen LogP contribution in [-0.4, -0.2) is 58.9 Å². The highest BCUT2D eigenvalue weighted by atomic mass is 28.4. The van der Waals surface area contributed by atoms with Crippen molar-refractivity contribution in [1.82, 2.24) is 4.90 Å². The molecule has 96 valence electrons. The van der Waals surface area contributed by atoms with E-state index in [1.807, 2.05) is 18.5 Å². The van der Waals surface area contributed by atoms with Gasteiger partial charge in [-0.3, -0.25) is 4.79 Å². The number of rotatable bonds is 9. The highest BCUT2D eigenvalue weighted by Crippen LogP contribution is 2.13. The molecule has 0 bridgehead atoms. The number of carboxylic acid groups (broad SMARTS) is 1. The zero-order valence-electron chi connectivity index (χ0n) is 10.7. The van der Waals surface area contributed by atoms with E-state index in [1.54, 1.807) is 14.2 Å². The lowest BCUT2D eigenvalue weighted by Gasteiger charge is -2.24. The van der Waals surface area contributed by atoms with Crippen LogP contribution in [0.3, 0.4) is 0 Å². The average Bonchev–Trinajstić information content (AvgIpc) is 2.26. The summed E-state index contributed by atoms with van der Waals surface area (Å²) in [5, 5.41) is 8.53. The fraction of sp³-hybridized carbons (Fsp3) is 0.900. The molecule has 16 heavy (non-hydrogen) atoms. The van der Waals surface area contributed by atoms with Gasteiger partial charge in [-0.2, -0.15) is 0 Å². The fourth-order valence-corrected chi connectivity index (χ4v) is 2.73. The minimum absolute atomic E-state index is 0.194. The lowest BCUT2D eigenvalue weighted by molar-refractivity contribution is -0.137. The Hall–Kier alpha value is -0.433. The Labute approximate surface area is 98.6 Å². The van der Waals surface area contributed by atoms with Gasteiger partial charge in [0.15, 0.2) is 0 Å². The van der Waals surface area contributed by atoms with Crippen molar-refractivity contribution in [1.29, 1.82) is 0 Å². The molecule has 0 saturated carbocycles. The second kappa shape index (κ2) is 7.78. The van der Waals surface area contributed by atoms with Gasteiger partial charge in [0.1, 0.15) is 0 Å². The Kier molecular flexibility index (Phi) is 7.57. The Bertz CT molecular complexity index is 209. The summed E-state index contributed by atoms with van der Waals surface area (Å²) in [5.41, 5.74) is 0. The highest BCUT2D eigenvalue weighted by molar-refractivity contribution is 6.65. The van der Waals surface area contributed by atoms with Crippen molar-refractivity contribution in [2.45, 2.75) is 25.4 Å². The molecule has 5 nitrogen and oxygen atoms in total. The van der Waals surface area contributed by atoms with E-state index in [2.05, 4.69) is 0 Å². The number of nitrogens with zero attached hydrogens (tertiary/aromatic N) is 1. The Balaban J connectivity index is 3.68. The number of hydrogen-bond acceptors (Lipinski definition) is 4. The summed E-state index contributed by atoms with van der Waals surface area (Å²) in [5.74, 6) is -0.750. The van der Waals surface area contributed by atoms with Crippen LogP contribution in [0, 0.1) is 0 Å². The van der Waals surface area contributed by atoms with Gasteiger partial charge in [0, 0.05) is 20.8 Å². The maximum absolute atomic E-state index is 10.4. The third-order valence-corrected chi connectivity index (χ3v) is 5.73. The first kappa shape index (κ1) is 15.6.